The largest absolute Gasteiger partial charge is 0.416 e. The van der Waals surface area contributed by atoms with E-state index in [0.717, 1.165) is 31.5 Å². The molecule has 28 heavy (non-hydrogen) atoms. The number of likely N-dealkylation sites (tertiary alicyclic amines) is 1. The monoisotopic (exact) mass is 394 g/mol. The first kappa shape index (κ1) is 19.9. The number of benzene rings is 1. The summed E-state index contributed by atoms with van der Waals surface area (Å²) in [6, 6.07) is 4.80. The summed E-state index contributed by atoms with van der Waals surface area (Å²) >= 11 is 0. The molecule has 0 unspecified atom stereocenters. The van der Waals surface area contributed by atoms with Gasteiger partial charge < -0.3 is 10.2 Å². The minimum Gasteiger partial charge on any atom is -0.339 e. The predicted octanol–water partition coefficient (Wildman–Crippen LogP) is 3.41. The lowest BCUT2D eigenvalue weighted by Crippen LogP contribution is -2.39. The highest BCUT2D eigenvalue weighted by Gasteiger charge is 2.33. The lowest BCUT2D eigenvalue weighted by atomic mass is 9.96. The van der Waals surface area contributed by atoms with E-state index < -0.39 is 23.6 Å². The van der Waals surface area contributed by atoms with E-state index in [-0.39, 0.29) is 11.3 Å². The molecule has 1 saturated heterocycles. The van der Waals surface area contributed by atoms with Crippen LogP contribution >= 0.6 is 0 Å². The Morgan fingerprint density at radius 3 is 2.50 bits per heavy atom. The lowest BCUT2D eigenvalue weighted by Gasteiger charge is -2.32. The van der Waals surface area contributed by atoms with Crippen molar-refractivity contribution in [2.24, 2.45) is 5.92 Å². The second-order valence-electron chi connectivity index (χ2n) is 6.94. The maximum absolute atomic E-state index is 13.2. The van der Waals surface area contributed by atoms with Crippen molar-refractivity contribution in [3.8, 4) is 0 Å². The maximum Gasteiger partial charge on any atom is 0.416 e. The van der Waals surface area contributed by atoms with Gasteiger partial charge in [-0.15, -0.1) is 0 Å². The van der Waals surface area contributed by atoms with Crippen LogP contribution in [-0.2, 0) is 17.5 Å². The number of amides is 2. The molecule has 0 aliphatic carbocycles. The summed E-state index contributed by atoms with van der Waals surface area (Å²) in [6.07, 6.45) is 0.481. The summed E-state index contributed by atoms with van der Waals surface area (Å²) < 4.78 is 41.4. The molecule has 0 bridgehead atoms. The fraction of sp³-hybridized carbons (Fsp3) is 0.421. The zero-order valence-corrected chi connectivity index (χ0v) is 15.4. The van der Waals surface area contributed by atoms with Crippen molar-refractivity contribution >= 4 is 17.5 Å². The van der Waals surface area contributed by atoms with Gasteiger partial charge >= 0.3 is 6.18 Å². The maximum atomic E-state index is 13.2. The Morgan fingerprint density at radius 1 is 1.21 bits per heavy atom. The Bertz CT molecular complexity index is 841. The number of carbonyl (C=O) groups excluding carboxylic acids is 2. The van der Waals surface area contributed by atoms with Crippen LogP contribution in [0, 0.1) is 5.92 Å². The number of nitrogens with one attached hydrogen (secondary N) is 1. The van der Waals surface area contributed by atoms with Gasteiger partial charge in [-0.05, 0) is 43.0 Å². The van der Waals surface area contributed by atoms with E-state index in [1.54, 1.807) is 11.1 Å². The Balaban J connectivity index is 1.72. The Hall–Kier alpha value is -2.84. The van der Waals surface area contributed by atoms with Gasteiger partial charge in [-0.1, -0.05) is 0 Å². The van der Waals surface area contributed by atoms with Crippen molar-refractivity contribution in [3.63, 3.8) is 0 Å². The standard InChI is InChI=1S/C19H21F3N4O2/c1-13(27)24-17-10-15(9-16(11-17)19(20,21)22)18(28)25-7-3-14(4-8-25)12-26-6-2-5-23-26/h2,5-6,9-11,14H,3-4,7-8,12H2,1H3,(H,24,27). The second-order valence-corrected chi connectivity index (χ2v) is 6.94. The van der Waals surface area contributed by atoms with Gasteiger partial charge in [0, 0.05) is 50.2 Å². The number of piperidine rings is 1. The van der Waals surface area contributed by atoms with E-state index in [2.05, 4.69) is 10.4 Å². The molecular formula is C19H21F3N4O2. The zero-order valence-electron chi connectivity index (χ0n) is 15.4. The zero-order chi connectivity index (χ0) is 20.3. The predicted molar refractivity (Wildman–Crippen MR) is 96.6 cm³/mol. The molecule has 150 valence electrons. The van der Waals surface area contributed by atoms with Crippen molar-refractivity contribution in [2.75, 3.05) is 18.4 Å². The van der Waals surface area contributed by atoms with Crippen molar-refractivity contribution in [3.05, 3.63) is 47.8 Å². The number of alkyl halides is 3. The summed E-state index contributed by atoms with van der Waals surface area (Å²) in [6.45, 7) is 2.89. The van der Waals surface area contributed by atoms with E-state index in [1.807, 2.05) is 16.9 Å². The SMILES string of the molecule is CC(=O)Nc1cc(C(=O)N2CCC(Cn3cccn3)CC2)cc(C(F)(F)F)c1. The number of hydrogen-bond acceptors (Lipinski definition) is 3. The summed E-state index contributed by atoms with van der Waals surface area (Å²) in [5.41, 5.74) is -1.08. The average molecular weight is 394 g/mol. The molecule has 2 aromatic rings. The molecule has 1 aromatic carbocycles. The molecule has 1 aliphatic heterocycles. The summed E-state index contributed by atoms with van der Waals surface area (Å²) in [5.74, 6) is -0.604. The molecule has 9 heteroatoms. The van der Waals surface area contributed by atoms with Gasteiger partial charge in [0.2, 0.25) is 5.91 Å². The summed E-state index contributed by atoms with van der Waals surface area (Å²) in [4.78, 5) is 25.6. The van der Waals surface area contributed by atoms with Crippen molar-refractivity contribution in [2.45, 2.75) is 32.5 Å². The normalized spacial score (nSPS) is 15.5. The number of halogens is 3. The number of anilines is 1. The minimum atomic E-state index is -4.61. The third-order valence-electron chi connectivity index (χ3n) is 4.73. The number of rotatable bonds is 4. The van der Waals surface area contributed by atoms with E-state index in [9.17, 15) is 22.8 Å². The molecule has 2 heterocycles. The van der Waals surface area contributed by atoms with Gasteiger partial charge in [0.25, 0.3) is 5.91 Å². The van der Waals surface area contributed by atoms with Gasteiger partial charge in [0.05, 0.1) is 5.56 Å². The average Bonchev–Trinajstić information content (AvgIpc) is 3.13. The van der Waals surface area contributed by atoms with Crippen molar-refractivity contribution in [1.29, 1.82) is 0 Å². The van der Waals surface area contributed by atoms with Crippen LogP contribution in [0.3, 0.4) is 0 Å². The van der Waals surface area contributed by atoms with Crippen LogP contribution < -0.4 is 5.32 Å². The van der Waals surface area contributed by atoms with Crippen molar-refractivity contribution in [1.82, 2.24) is 14.7 Å². The molecule has 0 atom stereocenters. The Labute approximate surface area is 160 Å². The number of carbonyl (C=O) groups is 2. The molecule has 0 spiro atoms. The van der Waals surface area contributed by atoms with Crippen LogP contribution in [0.5, 0.6) is 0 Å². The Kier molecular flexibility index (Phi) is 5.71. The van der Waals surface area contributed by atoms with E-state index in [0.29, 0.717) is 19.0 Å². The van der Waals surface area contributed by atoms with E-state index in [4.69, 9.17) is 0 Å². The topological polar surface area (TPSA) is 67.2 Å². The minimum absolute atomic E-state index is 0.0424. The highest BCUT2D eigenvalue weighted by atomic mass is 19.4. The van der Waals surface area contributed by atoms with Crippen LogP contribution in [0.2, 0.25) is 0 Å². The number of hydrogen-bond donors (Lipinski definition) is 1. The molecule has 1 fully saturated rings. The van der Waals surface area contributed by atoms with Gasteiger partial charge in [0.15, 0.2) is 0 Å². The molecule has 0 radical (unpaired) electrons. The first-order valence-corrected chi connectivity index (χ1v) is 8.99. The van der Waals surface area contributed by atoms with E-state index >= 15 is 0 Å². The fourth-order valence-corrected chi connectivity index (χ4v) is 3.36. The molecule has 1 N–H and O–H groups in total. The number of nitrogens with zero attached hydrogens (tertiary/aromatic N) is 3. The van der Waals surface area contributed by atoms with Crippen molar-refractivity contribution < 1.29 is 22.8 Å². The summed E-state index contributed by atoms with van der Waals surface area (Å²) in [5, 5.41) is 6.50. The molecule has 2 amide bonds. The smallest absolute Gasteiger partial charge is 0.339 e. The van der Waals surface area contributed by atoms with Crippen LogP contribution in [0.15, 0.2) is 36.7 Å². The third kappa shape index (κ3) is 4.90. The van der Waals surface area contributed by atoms with E-state index in [1.165, 1.54) is 13.0 Å². The van der Waals surface area contributed by atoms with Crippen LogP contribution in [0.4, 0.5) is 18.9 Å². The highest BCUT2D eigenvalue weighted by Crippen LogP contribution is 2.32. The molecule has 1 aromatic heterocycles. The van der Waals surface area contributed by atoms with Crippen LogP contribution in [-0.4, -0.2) is 39.6 Å². The van der Waals surface area contributed by atoms with Gasteiger partial charge in [-0.3, -0.25) is 14.3 Å². The Morgan fingerprint density at radius 2 is 1.93 bits per heavy atom. The quantitative estimate of drug-likeness (QED) is 0.864. The fourth-order valence-electron chi connectivity index (χ4n) is 3.36. The molecule has 1 aliphatic rings. The van der Waals surface area contributed by atoms with Gasteiger partial charge in [-0.25, -0.2) is 0 Å². The third-order valence-corrected chi connectivity index (χ3v) is 4.73. The van der Waals surface area contributed by atoms with Gasteiger partial charge in [0.1, 0.15) is 0 Å². The van der Waals surface area contributed by atoms with Crippen LogP contribution in [0.25, 0.3) is 0 Å². The lowest BCUT2D eigenvalue weighted by molar-refractivity contribution is -0.137. The molecule has 3 rings (SSSR count). The first-order chi connectivity index (χ1) is 13.2. The number of aromatic nitrogens is 2. The summed E-state index contributed by atoms with van der Waals surface area (Å²) in [7, 11) is 0. The first-order valence-electron chi connectivity index (χ1n) is 8.99. The molecule has 0 saturated carbocycles. The highest BCUT2D eigenvalue weighted by molar-refractivity contribution is 5.97. The molecular weight excluding hydrogens is 373 g/mol. The second kappa shape index (κ2) is 8.04. The van der Waals surface area contributed by atoms with Crippen LogP contribution in [0.1, 0.15) is 35.7 Å². The molecule has 6 nitrogen and oxygen atoms in total. The van der Waals surface area contributed by atoms with Gasteiger partial charge in [-0.2, -0.15) is 18.3 Å².